The highest BCUT2D eigenvalue weighted by molar-refractivity contribution is 7.99. The van der Waals surface area contributed by atoms with Gasteiger partial charge in [0, 0.05) is 31.7 Å². The van der Waals surface area contributed by atoms with E-state index in [4.69, 9.17) is 0 Å². The Hall–Kier alpha value is -1.24. The molecule has 4 rings (SSSR count). The minimum absolute atomic E-state index is 0.262. The monoisotopic (exact) mass is 377 g/mol. The lowest BCUT2D eigenvalue weighted by Gasteiger charge is -2.33. The molecule has 0 unspecified atom stereocenters. The number of carbonyl (C=O) groups excluding carboxylic acids is 1. The van der Waals surface area contributed by atoms with Crippen LogP contribution in [0.25, 0.3) is 0 Å². The van der Waals surface area contributed by atoms with Crippen molar-refractivity contribution in [3.63, 3.8) is 0 Å². The van der Waals surface area contributed by atoms with Crippen molar-refractivity contribution in [3.8, 4) is 0 Å². The third kappa shape index (κ3) is 3.87. The Morgan fingerprint density at radius 2 is 1.81 bits per heavy atom. The van der Waals surface area contributed by atoms with E-state index in [-0.39, 0.29) is 5.91 Å². The summed E-state index contributed by atoms with van der Waals surface area (Å²) in [6.07, 6.45) is 11.1. The second-order valence-electron chi connectivity index (χ2n) is 7.84. The van der Waals surface area contributed by atoms with E-state index in [1.807, 2.05) is 0 Å². The fraction of sp³-hybridized carbons (Fsp3) is 0.842. The van der Waals surface area contributed by atoms with E-state index < -0.39 is 0 Å². The molecule has 1 aromatic rings. The second-order valence-corrected chi connectivity index (χ2v) is 8.78. The van der Waals surface area contributed by atoms with Gasteiger partial charge in [0.1, 0.15) is 0 Å². The average Bonchev–Trinajstić information content (AvgIpc) is 3.19. The number of rotatable bonds is 7. The zero-order valence-corrected chi connectivity index (χ0v) is 16.7. The first-order valence-electron chi connectivity index (χ1n) is 10.4. The molecule has 144 valence electrons. The maximum absolute atomic E-state index is 12.8. The molecule has 0 N–H and O–H groups in total. The summed E-state index contributed by atoms with van der Waals surface area (Å²) in [5.41, 5.74) is 0. The number of thioether (sulfide) groups is 1. The molecule has 3 aliphatic rings. The Bertz CT molecular complexity index is 617. The lowest BCUT2D eigenvalue weighted by atomic mass is 9.94. The van der Waals surface area contributed by atoms with E-state index in [0.29, 0.717) is 17.8 Å². The standard InChI is InChI=1S/C19H31N5OS/c1-2-23(15-8-4-3-5-9-15)17(25)14-26-19-21-20-18(22-12-6-7-13-22)24(19)16-10-11-16/h15-16H,2-14H2,1H3. The van der Waals surface area contributed by atoms with Crippen LogP contribution in [0.15, 0.2) is 5.16 Å². The van der Waals surface area contributed by atoms with Crippen molar-refractivity contribution in [2.45, 2.75) is 82.0 Å². The van der Waals surface area contributed by atoms with Gasteiger partial charge in [-0.15, -0.1) is 10.2 Å². The topological polar surface area (TPSA) is 54.3 Å². The molecule has 3 fully saturated rings. The molecule has 0 radical (unpaired) electrons. The van der Waals surface area contributed by atoms with Crippen molar-refractivity contribution in [2.75, 3.05) is 30.3 Å². The first-order chi connectivity index (χ1) is 12.8. The zero-order chi connectivity index (χ0) is 17.9. The van der Waals surface area contributed by atoms with E-state index in [9.17, 15) is 4.79 Å². The van der Waals surface area contributed by atoms with E-state index >= 15 is 0 Å². The number of carbonyl (C=O) groups is 1. The molecule has 2 heterocycles. The van der Waals surface area contributed by atoms with Gasteiger partial charge in [0.25, 0.3) is 0 Å². The van der Waals surface area contributed by atoms with E-state index in [0.717, 1.165) is 30.7 Å². The fourth-order valence-electron chi connectivity index (χ4n) is 4.39. The van der Waals surface area contributed by atoms with Gasteiger partial charge in [-0.2, -0.15) is 0 Å². The molecule has 7 heteroatoms. The summed E-state index contributed by atoms with van der Waals surface area (Å²) in [5.74, 6) is 1.77. The molecule has 1 amide bonds. The van der Waals surface area contributed by atoms with Gasteiger partial charge in [-0.25, -0.2) is 0 Å². The molecule has 26 heavy (non-hydrogen) atoms. The molecule has 0 spiro atoms. The molecule has 6 nitrogen and oxygen atoms in total. The summed E-state index contributed by atoms with van der Waals surface area (Å²) in [6, 6.07) is 0.988. The quantitative estimate of drug-likeness (QED) is 0.681. The predicted molar refractivity (Wildman–Crippen MR) is 105 cm³/mol. The molecule has 0 atom stereocenters. The maximum Gasteiger partial charge on any atom is 0.233 e. The van der Waals surface area contributed by atoms with Crippen LogP contribution in [0.5, 0.6) is 0 Å². The number of hydrogen-bond acceptors (Lipinski definition) is 5. The molecule has 1 aromatic heterocycles. The molecule has 2 aliphatic carbocycles. The highest BCUT2D eigenvalue weighted by Gasteiger charge is 2.33. The van der Waals surface area contributed by atoms with Gasteiger partial charge in [0.05, 0.1) is 5.75 Å². The molecule has 0 bridgehead atoms. The summed E-state index contributed by atoms with van der Waals surface area (Å²) in [7, 11) is 0. The summed E-state index contributed by atoms with van der Waals surface area (Å²) in [4.78, 5) is 17.3. The summed E-state index contributed by atoms with van der Waals surface area (Å²) in [5, 5.41) is 9.87. The van der Waals surface area contributed by atoms with Crippen LogP contribution in [-0.2, 0) is 4.79 Å². The van der Waals surface area contributed by atoms with Crippen LogP contribution in [0.1, 0.15) is 70.8 Å². The number of hydrogen-bond donors (Lipinski definition) is 0. The minimum atomic E-state index is 0.262. The smallest absolute Gasteiger partial charge is 0.233 e. The van der Waals surface area contributed by atoms with Crippen LogP contribution in [0.4, 0.5) is 5.95 Å². The van der Waals surface area contributed by atoms with Crippen LogP contribution in [0, 0.1) is 0 Å². The molecule has 0 aromatic carbocycles. The minimum Gasteiger partial charge on any atom is -0.341 e. The molecule has 1 saturated heterocycles. The van der Waals surface area contributed by atoms with Crippen molar-refractivity contribution in [2.24, 2.45) is 0 Å². The Morgan fingerprint density at radius 3 is 2.46 bits per heavy atom. The lowest BCUT2D eigenvalue weighted by Crippen LogP contribution is -2.42. The highest BCUT2D eigenvalue weighted by Crippen LogP contribution is 2.41. The van der Waals surface area contributed by atoms with Crippen molar-refractivity contribution in [1.29, 1.82) is 0 Å². The first-order valence-corrected chi connectivity index (χ1v) is 11.4. The predicted octanol–water partition coefficient (Wildman–Crippen LogP) is 3.49. The second kappa shape index (κ2) is 8.19. The summed E-state index contributed by atoms with van der Waals surface area (Å²) >= 11 is 1.58. The van der Waals surface area contributed by atoms with Crippen molar-refractivity contribution in [1.82, 2.24) is 19.7 Å². The van der Waals surface area contributed by atoms with Crippen LogP contribution >= 0.6 is 11.8 Å². The number of amides is 1. The lowest BCUT2D eigenvalue weighted by molar-refractivity contribution is -0.131. The number of anilines is 1. The van der Waals surface area contributed by atoms with Gasteiger partial charge in [-0.05, 0) is 45.4 Å². The SMILES string of the molecule is CCN(C(=O)CSc1nnc(N2CCCC2)n1C1CC1)C1CCCCC1. The van der Waals surface area contributed by atoms with Gasteiger partial charge in [0.2, 0.25) is 11.9 Å². The first kappa shape index (κ1) is 18.1. The average molecular weight is 378 g/mol. The number of nitrogens with zero attached hydrogens (tertiary/aromatic N) is 5. The van der Waals surface area contributed by atoms with Crippen LogP contribution < -0.4 is 4.90 Å². The third-order valence-corrected chi connectivity index (χ3v) is 6.88. The Morgan fingerprint density at radius 1 is 1.08 bits per heavy atom. The van der Waals surface area contributed by atoms with E-state index in [2.05, 4.69) is 31.5 Å². The van der Waals surface area contributed by atoms with E-state index in [1.54, 1.807) is 11.8 Å². The Labute approximate surface area is 160 Å². The number of aromatic nitrogens is 3. The molecular weight excluding hydrogens is 346 g/mol. The zero-order valence-electron chi connectivity index (χ0n) is 15.9. The van der Waals surface area contributed by atoms with Gasteiger partial charge in [-0.1, -0.05) is 31.0 Å². The van der Waals surface area contributed by atoms with Gasteiger partial charge in [-0.3, -0.25) is 9.36 Å². The van der Waals surface area contributed by atoms with Gasteiger partial charge in [0.15, 0.2) is 5.16 Å². The van der Waals surface area contributed by atoms with E-state index in [1.165, 1.54) is 57.8 Å². The maximum atomic E-state index is 12.8. The van der Waals surface area contributed by atoms with Crippen LogP contribution in [0.2, 0.25) is 0 Å². The summed E-state index contributed by atoms with van der Waals surface area (Å²) in [6.45, 7) is 5.09. The normalized spacial score (nSPS) is 21.3. The van der Waals surface area contributed by atoms with Gasteiger partial charge >= 0.3 is 0 Å². The Kier molecular flexibility index (Phi) is 5.72. The van der Waals surface area contributed by atoms with Crippen molar-refractivity contribution in [3.05, 3.63) is 0 Å². The Balaban J connectivity index is 1.41. The van der Waals surface area contributed by atoms with Crippen molar-refractivity contribution >= 4 is 23.6 Å². The molecule has 1 aliphatic heterocycles. The molecular formula is C19H31N5OS. The van der Waals surface area contributed by atoms with Crippen LogP contribution in [-0.4, -0.2) is 57.0 Å². The third-order valence-electron chi connectivity index (χ3n) is 5.95. The van der Waals surface area contributed by atoms with Crippen LogP contribution in [0.3, 0.4) is 0 Å². The molecule has 2 saturated carbocycles. The fourth-order valence-corrected chi connectivity index (χ4v) is 5.28. The van der Waals surface area contributed by atoms with Crippen molar-refractivity contribution < 1.29 is 4.79 Å². The summed E-state index contributed by atoms with van der Waals surface area (Å²) < 4.78 is 2.31. The highest BCUT2D eigenvalue weighted by atomic mass is 32.2. The van der Waals surface area contributed by atoms with Gasteiger partial charge < -0.3 is 9.80 Å². The largest absolute Gasteiger partial charge is 0.341 e.